The van der Waals surface area contributed by atoms with Crippen molar-refractivity contribution in [1.29, 1.82) is 0 Å². The van der Waals surface area contributed by atoms with Gasteiger partial charge in [-0.3, -0.25) is 9.59 Å². The van der Waals surface area contributed by atoms with Gasteiger partial charge in [0.25, 0.3) is 0 Å². The van der Waals surface area contributed by atoms with E-state index in [1.807, 2.05) is 0 Å². The summed E-state index contributed by atoms with van der Waals surface area (Å²) in [4.78, 5) is 24.0. The van der Waals surface area contributed by atoms with Crippen molar-refractivity contribution in [3.05, 3.63) is 48.0 Å². The number of rotatable bonds is 4. The summed E-state index contributed by atoms with van der Waals surface area (Å²) in [5.41, 5.74) is 0.352. The molecule has 1 spiro atoms. The third-order valence-electron chi connectivity index (χ3n) is 5.74. The fraction of sp³-hybridized carbons (Fsp3) is 0.364. The highest BCUT2D eigenvalue weighted by atomic mass is 32.2. The predicted molar refractivity (Wildman–Crippen MR) is 114 cm³/mol. The predicted octanol–water partition coefficient (Wildman–Crippen LogP) is 2.84. The van der Waals surface area contributed by atoms with Crippen LogP contribution < -0.4 is 14.8 Å². The third-order valence-corrected chi connectivity index (χ3v) is 7.66. The Bertz CT molecular complexity index is 1120. The Balaban J connectivity index is 1.49. The lowest BCUT2D eigenvalue weighted by atomic mass is 9.83. The molecule has 1 amide bonds. The minimum atomic E-state index is -3.69. The Labute approximate surface area is 181 Å². The highest BCUT2D eigenvalue weighted by Gasteiger charge is 2.45. The van der Waals surface area contributed by atoms with E-state index in [1.54, 1.807) is 37.4 Å². The Kier molecular flexibility index (Phi) is 5.49. The number of nitrogens with zero attached hydrogens (tertiary/aromatic N) is 1. The molecule has 164 valence electrons. The molecule has 2 aromatic rings. The Hall–Kier alpha value is -2.91. The standard InChI is InChI=1S/C22H24N2O6S/c1-15(25)23-16-3-6-18(7-4-16)31(27,28)24-11-9-22(10-12-24)14-20(26)19-8-5-17(29-2)13-21(19)30-22/h3-8,13H,9-12,14H2,1-2H3,(H,23,25). The van der Waals surface area contributed by atoms with E-state index in [4.69, 9.17) is 9.47 Å². The second-order valence-corrected chi connectivity index (χ2v) is 9.79. The van der Waals surface area contributed by atoms with Gasteiger partial charge in [0, 0.05) is 44.6 Å². The first-order valence-corrected chi connectivity index (χ1v) is 11.4. The first-order valence-electron chi connectivity index (χ1n) is 10.0. The van der Waals surface area contributed by atoms with E-state index >= 15 is 0 Å². The Morgan fingerprint density at radius 1 is 1.13 bits per heavy atom. The quantitative estimate of drug-likeness (QED) is 0.778. The minimum Gasteiger partial charge on any atom is -0.497 e. The van der Waals surface area contributed by atoms with E-state index in [9.17, 15) is 18.0 Å². The fourth-order valence-electron chi connectivity index (χ4n) is 4.08. The van der Waals surface area contributed by atoms with Gasteiger partial charge in [-0.25, -0.2) is 8.42 Å². The largest absolute Gasteiger partial charge is 0.497 e. The molecule has 0 aliphatic carbocycles. The zero-order valence-electron chi connectivity index (χ0n) is 17.4. The molecule has 31 heavy (non-hydrogen) atoms. The molecule has 0 radical (unpaired) electrons. The molecule has 2 aliphatic heterocycles. The van der Waals surface area contributed by atoms with Gasteiger partial charge in [-0.1, -0.05) is 0 Å². The van der Waals surface area contributed by atoms with E-state index < -0.39 is 15.6 Å². The van der Waals surface area contributed by atoms with E-state index in [0.717, 1.165) is 0 Å². The molecule has 0 unspecified atom stereocenters. The molecule has 1 fully saturated rings. The van der Waals surface area contributed by atoms with Gasteiger partial charge >= 0.3 is 0 Å². The van der Waals surface area contributed by atoms with Crippen LogP contribution in [-0.2, 0) is 14.8 Å². The van der Waals surface area contributed by atoms with Crippen molar-refractivity contribution >= 4 is 27.4 Å². The number of fused-ring (bicyclic) bond motifs is 1. The number of ether oxygens (including phenoxy) is 2. The summed E-state index contributed by atoms with van der Waals surface area (Å²) in [6, 6.07) is 11.2. The van der Waals surface area contributed by atoms with Crippen LogP contribution in [-0.4, -0.2) is 50.2 Å². The van der Waals surface area contributed by atoms with Crippen molar-refractivity contribution < 1.29 is 27.5 Å². The molecule has 0 bridgehead atoms. The summed E-state index contributed by atoms with van der Waals surface area (Å²) < 4.78 is 39.0. The third kappa shape index (κ3) is 4.15. The number of piperidine rings is 1. The van der Waals surface area contributed by atoms with E-state index in [1.165, 1.54) is 23.4 Å². The molecule has 0 aromatic heterocycles. The summed E-state index contributed by atoms with van der Waals surface area (Å²) >= 11 is 0. The number of carbonyl (C=O) groups excluding carboxylic acids is 2. The number of sulfonamides is 1. The van der Waals surface area contributed by atoms with Gasteiger partial charge in [0.15, 0.2) is 5.78 Å². The number of anilines is 1. The average Bonchev–Trinajstić information content (AvgIpc) is 2.73. The minimum absolute atomic E-state index is 0.00577. The summed E-state index contributed by atoms with van der Waals surface area (Å²) in [6.45, 7) is 1.89. The molecule has 4 rings (SSSR count). The number of carbonyl (C=O) groups is 2. The molecule has 2 aliphatic rings. The van der Waals surface area contributed by atoms with Crippen molar-refractivity contribution in [2.45, 2.75) is 36.7 Å². The van der Waals surface area contributed by atoms with E-state index in [0.29, 0.717) is 35.6 Å². The van der Waals surface area contributed by atoms with Crippen LogP contribution in [0, 0.1) is 0 Å². The maximum atomic E-state index is 13.1. The van der Waals surface area contributed by atoms with Gasteiger partial charge in [0.1, 0.15) is 17.1 Å². The number of ketones is 1. The molecule has 0 saturated carbocycles. The molecule has 2 heterocycles. The lowest BCUT2D eigenvalue weighted by Gasteiger charge is -2.43. The fourth-order valence-corrected chi connectivity index (χ4v) is 5.52. The molecule has 1 saturated heterocycles. The molecule has 1 N–H and O–H groups in total. The number of amides is 1. The highest BCUT2D eigenvalue weighted by molar-refractivity contribution is 7.89. The van der Waals surface area contributed by atoms with E-state index in [2.05, 4.69) is 5.32 Å². The number of benzene rings is 2. The van der Waals surface area contributed by atoms with Crippen LogP contribution in [0.5, 0.6) is 11.5 Å². The van der Waals surface area contributed by atoms with Crippen molar-refractivity contribution in [2.24, 2.45) is 0 Å². The summed E-state index contributed by atoms with van der Waals surface area (Å²) in [5.74, 6) is 0.860. The lowest BCUT2D eigenvalue weighted by Crippen LogP contribution is -2.52. The number of hydrogen-bond acceptors (Lipinski definition) is 6. The van der Waals surface area contributed by atoms with Crippen LogP contribution in [0.15, 0.2) is 47.4 Å². The molecular formula is C22H24N2O6S. The van der Waals surface area contributed by atoms with Gasteiger partial charge in [-0.15, -0.1) is 0 Å². The lowest BCUT2D eigenvalue weighted by molar-refractivity contribution is -0.114. The number of nitrogens with one attached hydrogen (secondary N) is 1. The Morgan fingerprint density at radius 2 is 1.81 bits per heavy atom. The van der Waals surface area contributed by atoms with Gasteiger partial charge in [0.05, 0.1) is 24.0 Å². The second-order valence-electron chi connectivity index (χ2n) is 7.86. The first kappa shape index (κ1) is 21.3. The van der Waals surface area contributed by atoms with E-state index in [-0.39, 0.29) is 36.1 Å². The smallest absolute Gasteiger partial charge is 0.243 e. The highest BCUT2D eigenvalue weighted by Crippen LogP contribution is 2.41. The van der Waals surface area contributed by atoms with Crippen molar-refractivity contribution in [2.75, 3.05) is 25.5 Å². The van der Waals surface area contributed by atoms with Crippen LogP contribution in [0.3, 0.4) is 0 Å². The normalized spacial score (nSPS) is 18.2. The number of hydrogen-bond donors (Lipinski definition) is 1. The van der Waals surface area contributed by atoms with Gasteiger partial charge in [-0.2, -0.15) is 4.31 Å². The maximum Gasteiger partial charge on any atom is 0.243 e. The zero-order chi connectivity index (χ0) is 22.2. The second kappa shape index (κ2) is 7.97. The molecule has 9 heteroatoms. The maximum absolute atomic E-state index is 13.1. The van der Waals surface area contributed by atoms with Gasteiger partial charge < -0.3 is 14.8 Å². The van der Waals surface area contributed by atoms with Gasteiger partial charge in [0.2, 0.25) is 15.9 Å². The van der Waals surface area contributed by atoms with Crippen LogP contribution in [0.2, 0.25) is 0 Å². The number of Topliss-reactive ketones (excluding diaryl/α,β-unsaturated/α-hetero) is 1. The van der Waals surface area contributed by atoms with Crippen LogP contribution in [0.1, 0.15) is 36.5 Å². The topological polar surface area (TPSA) is 102 Å². The van der Waals surface area contributed by atoms with Crippen molar-refractivity contribution in [3.8, 4) is 11.5 Å². The summed E-state index contributed by atoms with van der Waals surface area (Å²) in [7, 11) is -2.14. The van der Waals surface area contributed by atoms with Crippen LogP contribution in [0.25, 0.3) is 0 Å². The van der Waals surface area contributed by atoms with Crippen LogP contribution >= 0.6 is 0 Å². The van der Waals surface area contributed by atoms with Crippen molar-refractivity contribution in [3.63, 3.8) is 0 Å². The van der Waals surface area contributed by atoms with Gasteiger partial charge in [-0.05, 0) is 36.4 Å². The summed E-state index contributed by atoms with van der Waals surface area (Å²) in [5, 5.41) is 2.62. The molecule has 2 aromatic carbocycles. The van der Waals surface area contributed by atoms with Crippen LogP contribution in [0.4, 0.5) is 5.69 Å². The number of methoxy groups -OCH3 is 1. The Morgan fingerprint density at radius 3 is 2.42 bits per heavy atom. The van der Waals surface area contributed by atoms with Crippen molar-refractivity contribution in [1.82, 2.24) is 4.31 Å². The first-order chi connectivity index (χ1) is 14.7. The zero-order valence-corrected chi connectivity index (χ0v) is 18.2. The molecular weight excluding hydrogens is 420 g/mol. The molecule has 0 atom stereocenters. The molecule has 8 nitrogen and oxygen atoms in total. The average molecular weight is 445 g/mol. The summed E-state index contributed by atoms with van der Waals surface area (Å²) in [6.07, 6.45) is 1.06. The SMILES string of the molecule is COc1ccc2c(c1)OC1(CCN(S(=O)(=O)c3ccc(NC(C)=O)cc3)CC1)CC2=O. The monoisotopic (exact) mass is 444 g/mol.